The number of nitrogens with zero attached hydrogens (tertiary/aromatic N) is 4. The van der Waals surface area contributed by atoms with Gasteiger partial charge >= 0.3 is 0 Å². The summed E-state index contributed by atoms with van der Waals surface area (Å²) in [4.78, 5) is 11.1. The first kappa shape index (κ1) is 13.4. The molecule has 0 aliphatic carbocycles. The largest absolute Gasteiger partial charge is 0.379 e. The first-order chi connectivity index (χ1) is 10.9. The van der Waals surface area contributed by atoms with Crippen molar-refractivity contribution in [3.8, 4) is 6.07 Å². The third-order valence-electron chi connectivity index (χ3n) is 4.29. The fourth-order valence-corrected chi connectivity index (χ4v) is 3.22. The maximum atomic E-state index is 9.51. The number of pyridine rings is 2. The SMILES string of the molecule is N#Cc1cc2cccnc2nc1N1CCOC2CCOCC21. The summed E-state index contributed by atoms with van der Waals surface area (Å²) >= 11 is 0. The highest BCUT2D eigenvalue weighted by Gasteiger charge is 2.36. The Morgan fingerprint density at radius 3 is 3.23 bits per heavy atom. The number of morpholine rings is 1. The molecule has 0 spiro atoms. The van der Waals surface area contributed by atoms with Crippen LogP contribution >= 0.6 is 0 Å². The van der Waals surface area contributed by atoms with Gasteiger partial charge in [0.2, 0.25) is 0 Å². The zero-order valence-electron chi connectivity index (χ0n) is 12.1. The van der Waals surface area contributed by atoms with Gasteiger partial charge in [0.25, 0.3) is 0 Å². The van der Waals surface area contributed by atoms with E-state index in [9.17, 15) is 5.26 Å². The van der Waals surface area contributed by atoms with Crippen LogP contribution in [0.3, 0.4) is 0 Å². The molecule has 22 heavy (non-hydrogen) atoms. The van der Waals surface area contributed by atoms with Gasteiger partial charge in [0.1, 0.15) is 11.9 Å². The molecule has 2 fully saturated rings. The maximum absolute atomic E-state index is 9.51. The van der Waals surface area contributed by atoms with Gasteiger partial charge in [0, 0.05) is 24.7 Å². The molecule has 2 aliphatic heterocycles. The number of nitriles is 1. The van der Waals surface area contributed by atoms with E-state index in [-0.39, 0.29) is 12.1 Å². The molecule has 4 heterocycles. The van der Waals surface area contributed by atoms with Crippen LogP contribution in [0.5, 0.6) is 0 Å². The molecule has 2 atom stereocenters. The molecule has 0 N–H and O–H groups in total. The average molecular weight is 296 g/mol. The van der Waals surface area contributed by atoms with Crippen molar-refractivity contribution in [2.45, 2.75) is 18.6 Å². The second-order valence-electron chi connectivity index (χ2n) is 5.56. The van der Waals surface area contributed by atoms with E-state index in [4.69, 9.17) is 9.47 Å². The summed E-state index contributed by atoms with van der Waals surface area (Å²) in [5.74, 6) is 0.692. The Bertz CT molecular complexity index is 740. The molecule has 2 aromatic heterocycles. The molecule has 2 unspecified atom stereocenters. The summed E-state index contributed by atoms with van der Waals surface area (Å²) in [6, 6.07) is 8.02. The number of aromatic nitrogens is 2. The smallest absolute Gasteiger partial charge is 0.161 e. The molecule has 0 amide bonds. The van der Waals surface area contributed by atoms with Crippen molar-refractivity contribution in [2.75, 3.05) is 31.3 Å². The van der Waals surface area contributed by atoms with E-state index in [0.29, 0.717) is 36.8 Å². The second kappa shape index (κ2) is 5.52. The molecule has 0 saturated carbocycles. The topological polar surface area (TPSA) is 71.3 Å². The van der Waals surface area contributed by atoms with Crippen molar-refractivity contribution in [1.82, 2.24) is 9.97 Å². The average Bonchev–Trinajstić information content (AvgIpc) is 2.60. The number of ether oxygens (including phenoxy) is 2. The lowest BCUT2D eigenvalue weighted by molar-refractivity contribution is -0.0655. The highest BCUT2D eigenvalue weighted by Crippen LogP contribution is 2.29. The van der Waals surface area contributed by atoms with Crippen LogP contribution in [0.25, 0.3) is 11.0 Å². The van der Waals surface area contributed by atoms with Crippen LogP contribution in [0.2, 0.25) is 0 Å². The summed E-state index contributed by atoms with van der Waals surface area (Å²) < 4.78 is 11.5. The molecule has 0 bridgehead atoms. The molecule has 4 rings (SSSR count). The van der Waals surface area contributed by atoms with Crippen molar-refractivity contribution >= 4 is 16.9 Å². The molecule has 2 aliphatic rings. The first-order valence-electron chi connectivity index (χ1n) is 7.48. The van der Waals surface area contributed by atoms with Gasteiger partial charge in [0.05, 0.1) is 30.9 Å². The number of hydrogen-bond donors (Lipinski definition) is 0. The zero-order chi connectivity index (χ0) is 14.9. The fourth-order valence-electron chi connectivity index (χ4n) is 3.22. The van der Waals surface area contributed by atoms with Gasteiger partial charge < -0.3 is 14.4 Å². The summed E-state index contributed by atoms with van der Waals surface area (Å²) in [5, 5.41) is 10.4. The van der Waals surface area contributed by atoms with E-state index in [1.165, 1.54) is 0 Å². The molecule has 0 aromatic carbocycles. The molecule has 0 radical (unpaired) electrons. The first-order valence-corrected chi connectivity index (χ1v) is 7.48. The predicted octanol–water partition coefficient (Wildman–Crippen LogP) is 1.50. The molecule has 2 saturated heterocycles. The summed E-state index contributed by atoms with van der Waals surface area (Å²) in [6.07, 6.45) is 2.75. The van der Waals surface area contributed by atoms with Gasteiger partial charge in [-0.25, -0.2) is 9.97 Å². The summed E-state index contributed by atoms with van der Waals surface area (Å²) in [7, 11) is 0. The molecule has 112 valence electrons. The Labute approximate surface area is 128 Å². The van der Waals surface area contributed by atoms with Crippen molar-refractivity contribution in [2.24, 2.45) is 0 Å². The van der Waals surface area contributed by atoms with Gasteiger partial charge in [-0.3, -0.25) is 0 Å². The highest BCUT2D eigenvalue weighted by atomic mass is 16.5. The summed E-state index contributed by atoms with van der Waals surface area (Å²) in [5.41, 5.74) is 1.24. The van der Waals surface area contributed by atoms with Crippen LogP contribution in [0, 0.1) is 11.3 Å². The summed E-state index contributed by atoms with van der Waals surface area (Å²) in [6.45, 7) is 2.70. The van der Waals surface area contributed by atoms with E-state index < -0.39 is 0 Å². The highest BCUT2D eigenvalue weighted by molar-refractivity contribution is 5.80. The monoisotopic (exact) mass is 296 g/mol. The van der Waals surface area contributed by atoms with Gasteiger partial charge in [-0.1, -0.05) is 0 Å². The van der Waals surface area contributed by atoms with E-state index in [2.05, 4.69) is 20.9 Å². The van der Waals surface area contributed by atoms with E-state index in [1.807, 2.05) is 18.2 Å². The van der Waals surface area contributed by atoms with Crippen LogP contribution in [-0.4, -0.2) is 48.5 Å². The van der Waals surface area contributed by atoms with Gasteiger partial charge in [0.15, 0.2) is 5.65 Å². The zero-order valence-corrected chi connectivity index (χ0v) is 12.1. The van der Waals surface area contributed by atoms with Crippen LogP contribution in [0.4, 0.5) is 5.82 Å². The number of hydrogen-bond acceptors (Lipinski definition) is 6. The Balaban J connectivity index is 1.80. The van der Waals surface area contributed by atoms with E-state index in [0.717, 1.165) is 18.4 Å². The lowest BCUT2D eigenvalue weighted by Gasteiger charge is -2.44. The Morgan fingerprint density at radius 1 is 1.36 bits per heavy atom. The minimum absolute atomic E-state index is 0.114. The van der Waals surface area contributed by atoms with Crippen molar-refractivity contribution < 1.29 is 9.47 Å². The van der Waals surface area contributed by atoms with Gasteiger partial charge in [-0.05, 0) is 24.6 Å². The molecule has 6 nitrogen and oxygen atoms in total. The van der Waals surface area contributed by atoms with Crippen LogP contribution in [0.15, 0.2) is 24.4 Å². The van der Waals surface area contributed by atoms with Crippen LogP contribution in [0.1, 0.15) is 12.0 Å². The third kappa shape index (κ3) is 2.19. The molecule has 6 heteroatoms. The van der Waals surface area contributed by atoms with Crippen LogP contribution in [-0.2, 0) is 9.47 Å². The van der Waals surface area contributed by atoms with Crippen molar-refractivity contribution in [3.05, 3.63) is 30.0 Å². The fraction of sp³-hybridized carbons (Fsp3) is 0.438. The predicted molar refractivity (Wildman–Crippen MR) is 80.6 cm³/mol. The molecular weight excluding hydrogens is 280 g/mol. The minimum atomic E-state index is 0.114. The number of rotatable bonds is 1. The normalized spacial score (nSPS) is 24.8. The van der Waals surface area contributed by atoms with Crippen molar-refractivity contribution in [1.29, 1.82) is 5.26 Å². The quantitative estimate of drug-likeness (QED) is 0.794. The third-order valence-corrected chi connectivity index (χ3v) is 4.29. The Hall–Kier alpha value is -2.23. The Morgan fingerprint density at radius 2 is 2.32 bits per heavy atom. The molecule has 2 aromatic rings. The van der Waals surface area contributed by atoms with Crippen molar-refractivity contribution in [3.63, 3.8) is 0 Å². The van der Waals surface area contributed by atoms with E-state index >= 15 is 0 Å². The minimum Gasteiger partial charge on any atom is -0.379 e. The Kier molecular flexibility index (Phi) is 3.37. The van der Waals surface area contributed by atoms with Crippen LogP contribution < -0.4 is 4.90 Å². The standard InChI is InChI=1S/C16H16N4O2/c17-9-12-8-11-2-1-4-18-15(11)19-16(12)20-5-7-22-14-3-6-21-10-13(14)20/h1-2,4,8,13-14H,3,5-7,10H2. The lowest BCUT2D eigenvalue weighted by Crippen LogP contribution is -2.56. The van der Waals surface area contributed by atoms with Gasteiger partial charge in [-0.2, -0.15) is 5.26 Å². The van der Waals surface area contributed by atoms with Gasteiger partial charge in [-0.15, -0.1) is 0 Å². The second-order valence-corrected chi connectivity index (χ2v) is 5.56. The van der Waals surface area contributed by atoms with E-state index in [1.54, 1.807) is 6.20 Å². The number of anilines is 1. The molecular formula is C16H16N4O2. The number of fused-ring (bicyclic) bond motifs is 2. The lowest BCUT2D eigenvalue weighted by atomic mass is 10.0. The maximum Gasteiger partial charge on any atom is 0.161 e.